The number of nitrogens with zero attached hydrogens (tertiary/aromatic N) is 5. The van der Waals surface area contributed by atoms with E-state index in [0.29, 0.717) is 42.6 Å². The van der Waals surface area contributed by atoms with Crippen molar-refractivity contribution in [1.29, 1.82) is 0 Å². The molecule has 1 aromatic carbocycles. The average molecular weight is 471 g/mol. The highest BCUT2D eigenvalue weighted by Gasteiger charge is 2.44. The summed E-state index contributed by atoms with van der Waals surface area (Å²) in [4.78, 5) is 40.3. The van der Waals surface area contributed by atoms with Crippen molar-refractivity contribution in [3.63, 3.8) is 0 Å². The topological polar surface area (TPSA) is 102 Å². The van der Waals surface area contributed by atoms with Crippen LogP contribution in [0.15, 0.2) is 30.6 Å². The Morgan fingerprint density at radius 3 is 2.48 bits per heavy atom. The number of amides is 2. The van der Waals surface area contributed by atoms with Gasteiger partial charge in [0.1, 0.15) is 18.0 Å². The van der Waals surface area contributed by atoms with E-state index in [4.69, 9.17) is 11.6 Å². The Bertz CT molecular complexity index is 1070. The zero-order chi connectivity index (χ0) is 23.2. The molecular formula is C23H27ClN6O3. The van der Waals surface area contributed by atoms with Crippen molar-refractivity contribution in [1.82, 2.24) is 19.8 Å². The number of fused-ring (bicyclic) bond motifs is 1. The van der Waals surface area contributed by atoms with Gasteiger partial charge in [-0.2, -0.15) is 0 Å². The number of carbonyl (C=O) groups is 2. The summed E-state index contributed by atoms with van der Waals surface area (Å²) in [5.41, 5.74) is -0.273. The maximum absolute atomic E-state index is 13.6. The first kappa shape index (κ1) is 22.1. The van der Waals surface area contributed by atoms with Gasteiger partial charge < -0.3 is 20.2 Å². The smallest absolute Gasteiger partial charge is 0.260 e. The van der Waals surface area contributed by atoms with Crippen LogP contribution in [0.25, 0.3) is 0 Å². The van der Waals surface area contributed by atoms with E-state index in [2.05, 4.69) is 25.1 Å². The first-order valence-electron chi connectivity index (χ1n) is 11.3. The molecule has 2 amide bonds. The molecule has 2 N–H and O–H groups in total. The number of piperazine rings is 1. The number of halogens is 1. The van der Waals surface area contributed by atoms with Crippen molar-refractivity contribution < 1.29 is 14.7 Å². The second kappa shape index (κ2) is 8.55. The quantitative estimate of drug-likeness (QED) is 0.681. The third-order valence-corrected chi connectivity index (χ3v) is 7.13. The summed E-state index contributed by atoms with van der Waals surface area (Å²) in [5, 5.41) is 15.0. The van der Waals surface area contributed by atoms with E-state index >= 15 is 0 Å². The van der Waals surface area contributed by atoms with Gasteiger partial charge in [-0.05, 0) is 44.1 Å². The summed E-state index contributed by atoms with van der Waals surface area (Å²) in [6, 6.07) is 6.86. The van der Waals surface area contributed by atoms with Crippen LogP contribution in [0.2, 0.25) is 5.02 Å². The molecule has 1 aromatic heterocycles. The molecule has 2 saturated heterocycles. The number of hydrogen-bond donors (Lipinski definition) is 2. The molecule has 10 heteroatoms. The number of aromatic nitrogens is 2. The van der Waals surface area contributed by atoms with Crippen molar-refractivity contribution in [2.24, 2.45) is 0 Å². The van der Waals surface area contributed by atoms with E-state index < -0.39 is 5.60 Å². The molecule has 0 bridgehead atoms. The van der Waals surface area contributed by atoms with Gasteiger partial charge in [0.25, 0.3) is 5.91 Å². The molecule has 2 fully saturated rings. The van der Waals surface area contributed by atoms with E-state index in [-0.39, 0.29) is 24.3 Å². The van der Waals surface area contributed by atoms with Crippen LogP contribution in [0.3, 0.4) is 0 Å². The summed E-state index contributed by atoms with van der Waals surface area (Å²) >= 11 is 6.04. The van der Waals surface area contributed by atoms with Crippen molar-refractivity contribution in [2.75, 3.05) is 56.0 Å². The van der Waals surface area contributed by atoms with Crippen molar-refractivity contribution in [3.8, 4) is 0 Å². The van der Waals surface area contributed by atoms with Gasteiger partial charge in [0.15, 0.2) is 5.60 Å². The Kier molecular flexibility index (Phi) is 5.72. The fourth-order valence-electron chi connectivity index (χ4n) is 4.75. The number of nitrogens with one attached hydrogen (secondary N) is 1. The minimum Gasteiger partial charge on any atom is -0.374 e. The van der Waals surface area contributed by atoms with E-state index in [9.17, 15) is 14.7 Å². The molecule has 2 atom stereocenters. The largest absolute Gasteiger partial charge is 0.374 e. The van der Waals surface area contributed by atoms with Crippen LogP contribution in [0.4, 0.5) is 11.6 Å². The lowest BCUT2D eigenvalue weighted by Gasteiger charge is -2.43. The van der Waals surface area contributed by atoms with Gasteiger partial charge in [-0.1, -0.05) is 23.7 Å². The van der Waals surface area contributed by atoms with Gasteiger partial charge in [-0.15, -0.1) is 0 Å². The van der Waals surface area contributed by atoms with E-state index in [1.165, 1.54) is 6.33 Å². The van der Waals surface area contributed by atoms with Crippen molar-refractivity contribution in [2.45, 2.75) is 24.9 Å². The number of anilines is 2. The molecule has 174 valence electrons. The predicted molar refractivity (Wildman–Crippen MR) is 124 cm³/mol. The lowest BCUT2D eigenvalue weighted by Crippen LogP contribution is -2.59. The highest BCUT2D eigenvalue weighted by atomic mass is 35.5. The Balaban J connectivity index is 1.34. The lowest BCUT2D eigenvalue weighted by atomic mass is 9.90. The second-order valence-corrected chi connectivity index (χ2v) is 9.38. The fourth-order valence-corrected chi connectivity index (χ4v) is 4.87. The fraction of sp³-hybridized carbons (Fsp3) is 0.478. The van der Waals surface area contributed by atoms with E-state index in [0.717, 1.165) is 30.9 Å². The molecule has 2 aromatic rings. The molecule has 0 spiro atoms. The number of aliphatic hydroxyl groups is 1. The Morgan fingerprint density at radius 2 is 1.85 bits per heavy atom. The van der Waals surface area contributed by atoms with Gasteiger partial charge in [0.2, 0.25) is 5.91 Å². The summed E-state index contributed by atoms with van der Waals surface area (Å²) in [7, 11) is 0. The van der Waals surface area contributed by atoms with E-state index in [1.807, 2.05) is 6.92 Å². The van der Waals surface area contributed by atoms with Crippen LogP contribution in [-0.2, 0) is 15.2 Å². The Labute approximate surface area is 197 Å². The normalized spacial score (nSPS) is 22.4. The average Bonchev–Trinajstić information content (AvgIpc) is 3.10. The third kappa shape index (κ3) is 3.94. The first-order chi connectivity index (χ1) is 15.9. The predicted octanol–water partition coefficient (Wildman–Crippen LogP) is 1.43. The molecule has 0 saturated carbocycles. The summed E-state index contributed by atoms with van der Waals surface area (Å²) in [6.07, 6.45) is 2.53. The van der Waals surface area contributed by atoms with E-state index in [1.54, 1.807) is 29.2 Å². The zero-order valence-corrected chi connectivity index (χ0v) is 19.3. The SMILES string of the molecule is CC1C(=O)Nc2ncnc(N3CCN(C(=O)[C@](O)(CN4CCC4)c4ccc(Cl)cc4)CC3)c21. The number of hydrogen-bond acceptors (Lipinski definition) is 7. The molecule has 0 radical (unpaired) electrons. The van der Waals surface area contributed by atoms with Gasteiger partial charge in [0.05, 0.1) is 5.92 Å². The second-order valence-electron chi connectivity index (χ2n) is 8.95. The molecular weight excluding hydrogens is 444 g/mol. The number of rotatable bonds is 5. The monoisotopic (exact) mass is 470 g/mol. The maximum Gasteiger partial charge on any atom is 0.260 e. The maximum atomic E-state index is 13.6. The van der Waals surface area contributed by atoms with Crippen LogP contribution in [0.5, 0.6) is 0 Å². The van der Waals surface area contributed by atoms with Gasteiger partial charge in [-0.3, -0.25) is 14.5 Å². The highest BCUT2D eigenvalue weighted by molar-refractivity contribution is 6.30. The van der Waals surface area contributed by atoms with Crippen LogP contribution in [-0.4, -0.2) is 82.5 Å². The van der Waals surface area contributed by atoms with Crippen LogP contribution >= 0.6 is 11.6 Å². The van der Waals surface area contributed by atoms with Gasteiger partial charge in [0, 0.05) is 43.3 Å². The minimum absolute atomic E-state index is 0.0837. The third-order valence-electron chi connectivity index (χ3n) is 6.87. The lowest BCUT2D eigenvalue weighted by molar-refractivity contribution is -0.156. The molecule has 33 heavy (non-hydrogen) atoms. The Hall–Kier alpha value is -2.75. The van der Waals surface area contributed by atoms with Crippen molar-refractivity contribution in [3.05, 3.63) is 46.7 Å². The molecule has 3 aliphatic heterocycles. The molecule has 9 nitrogen and oxygen atoms in total. The first-order valence-corrected chi connectivity index (χ1v) is 11.7. The molecule has 1 unspecified atom stereocenters. The summed E-state index contributed by atoms with van der Waals surface area (Å²) < 4.78 is 0. The number of β-amino-alcohol motifs (C(OH)–C–C–N with tert-alkyl or cyclic N) is 1. The Morgan fingerprint density at radius 1 is 1.15 bits per heavy atom. The standard InChI is InChI=1S/C23H27ClN6O3/c1-15-18-19(27-21(15)31)25-14-26-20(18)29-9-11-30(12-10-29)22(32)23(33,13-28-7-2-8-28)16-3-5-17(24)6-4-16/h3-6,14-15,33H,2,7-13H2,1H3,(H,25,26,27,31)/t15?,23-/m0/s1. The van der Waals surface area contributed by atoms with Crippen LogP contribution < -0.4 is 10.2 Å². The number of carbonyl (C=O) groups excluding carboxylic acids is 2. The zero-order valence-electron chi connectivity index (χ0n) is 18.5. The van der Waals surface area contributed by atoms with Gasteiger partial charge >= 0.3 is 0 Å². The summed E-state index contributed by atoms with van der Waals surface area (Å²) in [5.74, 6) is 0.589. The molecule has 5 rings (SSSR count). The molecule has 0 aliphatic carbocycles. The highest BCUT2D eigenvalue weighted by Crippen LogP contribution is 2.37. The minimum atomic E-state index is -1.63. The molecule has 3 aliphatic rings. The van der Waals surface area contributed by atoms with Gasteiger partial charge in [-0.25, -0.2) is 9.97 Å². The molecule has 4 heterocycles. The summed E-state index contributed by atoms with van der Waals surface area (Å²) in [6.45, 7) is 5.86. The van der Waals surface area contributed by atoms with Crippen LogP contribution in [0.1, 0.15) is 30.4 Å². The number of likely N-dealkylation sites (tertiary alicyclic amines) is 1. The van der Waals surface area contributed by atoms with Crippen LogP contribution in [0, 0.1) is 0 Å². The number of benzene rings is 1. The van der Waals surface area contributed by atoms with Crippen molar-refractivity contribution >= 4 is 35.1 Å².